The Bertz CT molecular complexity index is 505. The topological polar surface area (TPSA) is 67.8 Å². The molecule has 0 radical (unpaired) electrons. The minimum Gasteiger partial charge on any atom is -0.491 e. The van der Waals surface area contributed by atoms with E-state index in [4.69, 9.17) is 21.1 Å². The molecule has 1 unspecified atom stereocenters. The van der Waals surface area contributed by atoms with Crippen molar-refractivity contribution in [3.63, 3.8) is 0 Å². The lowest BCUT2D eigenvalue weighted by Gasteiger charge is -2.18. The SMILES string of the molecule is CCOc1cc(CNC(CC(C)C)C(=O)O)cc(Cl)c1OC. The third-order valence-electron chi connectivity index (χ3n) is 3.13. The summed E-state index contributed by atoms with van der Waals surface area (Å²) >= 11 is 6.18. The normalized spacial score (nSPS) is 12.3. The molecule has 6 heteroatoms. The van der Waals surface area contributed by atoms with Crippen LogP contribution in [0.2, 0.25) is 5.02 Å². The zero-order valence-electron chi connectivity index (χ0n) is 13.5. The van der Waals surface area contributed by atoms with Crippen LogP contribution >= 0.6 is 11.6 Å². The summed E-state index contributed by atoms with van der Waals surface area (Å²) in [5.74, 6) is 0.500. The first-order valence-electron chi connectivity index (χ1n) is 7.34. The molecule has 0 heterocycles. The van der Waals surface area contributed by atoms with Gasteiger partial charge in [-0.3, -0.25) is 4.79 Å². The van der Waals surface area contributed by atoms with Crippen molar-refractivity contribution in [2.45, 2.75) is 39.8 Å². The minimum absolute atomic E-state index is 0.298. The Morgan fingerprint density at radius 1 is 1.41 bits per heavy atom. The Morgan fingerprint density at radius 2 is 2.09 bits per heavy atom. The van der Waals surface area contributed by atoms with Crippen LogP contribution in [0.25, 0.3) is 0 Å². The first-order valence-corrected chi connectivity index (χ1v) is 7.72. The molecule has 0 saturated carbocycles. The number of methoxy groups -OCH3 is 1. The second-order valence-electron chi connectivity index (χ2n) is 5.44. The molecule has 0 amide bonds. The molecule has 0 aliphatic rings. The Kier molecular flexibility index (Phi) is 7.48. The highest BCUT2D eigenvalue weighted by Crippen LogP contribution is 2.36. The number of hydrogen-bond donors (Lipinski definition) is 2. The van der Waals surface area contributed by atoms with Gasteiger partial charge in [0.25, 0.3) is 0 Å². The molecule has 0 saturated heterocycles. The summed E-state index contributed by atoms with van der Waals surface area (Å²) in [6, 6.07) is 2.98. The van der Waals surface area contributed by atoms with Crippen molar-refractivity contribution in [2.24, 2.45) is 5.92 Å². The van der Waals surface area contributed by atoms with Gasteiger partial charge < -0.3 is 19.9 Å². The first-order chi connectivity index (χ1) is 10.4. The standard InChI is InChI=1S/C16H24ClNO4/c1-5-22-14-8-11(7-12(17)15(14)21-4)9-18-13(16(19)20)6-10(2)3/h7-8,10,13,18H,5-6,9H2,1-4H3,(H,19,20). The van der Waals surface area contributed by atoms with Crippen LogP contribution in [0.5, 0.6) is 11.5 Å². The summed E-state index contributed by atoms with van der Waals surface area (Å²) in [5.41, 5.74) is 0.851. The number of nitrogens with one attached hydrogen (secondary N) is 1. The van der Waals surface area contributed by atoms with Crippen molar-refractivity contribution < 1.29 is 19.4 Å². The number of benzene rings is 1. The van der Waals surface area contributed by atoms with Gasteiger partial charge >= 0.3 is 5.97 Å². The van der Waals surface area contributed by atoms with E-state index in [2.05, 4.69) is 5.32 Å². The lowest BCUT2D eigenvalue weighted by molar-refractivity contribution is -0.140. The van der Waals surface area contributed by atoms with Gasteiger partial charge in [-0.25, -0.2) is 0 Å². The molecule has 0 fully saturated rings. The molecule has 1 rings (SSSR count). The molecular formula is C16H24ClNO4. The first kappa shape index (κ1) is 18.6. The summed E-state index contributed by atoms with van der Waals surface area (Å²) < 4.78 is 10.7. The van der Waals surface area contributed by atoms with E-state index in [1.54, 1.807) is 6.07 Å². The Hall–Kier alpha value is -1.46. The summed E-state index contributed by atoms with van der Waals surface area (Å²) in [6.45, 7) is 6.76. The smallest absolute Gasteiger partial charge is 0.320 e. The molecule has 0 spiro atoms. The maximum Gasteiger partial charge on any atom is 0.320 e. The van der Waals surface area contributed by atoms with Gasteiger partial charge in [0.15, 0.2) is 11.5 Å². The summed E-state index contributed by atoms with van der Waals surface area (Å²) in [6.07, 6.45) is 0.567. The molecule has 5 nitrogen and oxygen atoms in total. The van der Waals surface area contributed by atoms with Crippen LogP contribution < -0.4 is 14.8 Å². The van der Waals surface area contributed by atoms with E-state index < -0.39 is 12.0 Å². The van der Waals surface area contributed by atoms with Crippen LogP contribution in [0.3, 0.4) is 0 Å². The number of aliphatic carboxylic acids is 1. The van der Waals surface area contributed by atoms with Gasteiger partial charge in [-0.15, -0.1) is 0 Å². The van der Waals surface area contributed by atoms with E-state index in [0.717, 1.165) is 5.56 Å². The van der Waals surface area contributed by atoms with E-state index >= 15 is 0 Å². The number of rotatable bonds is 9. The lowest BCUT2D eigenvalue weighted by Crippen LogP contribution is -2.37. The second kappa shape index (κ2) is 8.86. The zero-order chi connectivity index (χ0) is 16.7. The van der Waals surface area contributed by atoms with Gasteiger partial charge in [-0.2, -0.15) is 0 Å². The number of carboxylic acids is 1. The predicted molar refractivity (Wildman–Crippen MR) is 86.9 cm³/mol. The molecule has 1 aromatic rings. The van der Waals surface area contributed by atoms with Crippen LogP contribution in [0.1, 0.15) is 32.8 Å². The van der Waals surface area contributed by atoms with E-state index in [1.165, 1.54) is 7.11 Å². The third-order valence-corrected chi connectivity index (χ3v) is 3.41. The lowest BCUT2D eigenvalue weighted by atomic mass is 10.0. The van der Waals surface area contributed by atoms with Crippen LogP contribution in [0.4, 0.5) is 0 Å². The average Bonchev–Trinajstić information content (AvgIpc) is 2.43. The largest absolute Gasteiger partial charge is 0.491 e. The van der Waals surface area contributed by atoms with Gasteiger partial charge in [-0.05, 0) is 37.0 Å². The molecule has 0 aliphatic carbocycles. The van der Waals surface area contributed by atoms with Crippen molar-refractivity contribution in [1.82, 2.24) is 5.32 Å². The fourth-order valence-corrected chi connectivity index (χ4v) is 2.48. The van der Waals surface area contributed by atoms with E-state index in [1.807, 2.05) is 26.8 Å². The number of halogens is 1. The quantitative estimate of drug-likeness (QED) is 0.727. The third kappa shape index (κ3) is 5.39. The highest BCUT2D eigenvalue weighted by atomic mass is 35.5. The van der Waals surface area contributed by atoms with E-state index in [9.17, 15) is 9.90 Å². The maximum atomic E-state index is 11.3. The van der Waals surface area contributed by atoms with Crippen molar-refractivity contribution in [3.05, 3.63) is 22.7 Å². The van der Waals surface area contributed by atoms with Crippen LogP contribution in [0.15, 0.2) is 12.1 Å². The molecule has 22 heavy (non-hydrogen) atoms. The molecule has 1 atom stereocenters. The average molecular weight is 330 g/mol. The minimum atomic E-state index is -0.849. The van der Waals surface area contributed by atoms with Gasteiger partial charge in [0.1, 0.15) is 6.04 Å². The van der Waals surface area contributed by atoms with E-state index in [-0.39, 0.29) is 0 Å². The number of hydrogen-bond acceptors (Lipinski definition) is 4. The monoisotopic (exact) mass is 329 g/mol. The molecule has 0 bridgehead atoms. The fourth-order valence-electron chi connectivity index (χ4n) is 2.17. The Morgan fingerprint density at radius 3 is 2.59 bits per heavy atom. The fraction of sp³-hybridized carbons (Fsp3) is 0.562. The van der Waals surface area contributed by atoms with Crippen molar-refractivity contribution in [1.29, 1.82) is 0 Å². The number of carboxylic acid groups (broad SMARTS) is 1. The molecule has 0 aromatic heterocycles. The maximum absolute atomic E-state index is 11.3. The van der Waals surface area contributed by atoms with Crippen molar-refractivity contribution in [2.75, 3.05) is 13.7 Å². The molecule has 2 N–H and O–H groups in total. The Labute approximate surface area is 136 Å². The summed E-state index contributed by atoms with van der Waals surface area (Å²) in [7, 11) is 1.53. The van der Waals surface area contributed by atoms with Gasteiger partial charge in [-0.1, -0.05) is 25.4 Å². The second-order valence-corrected chi connectivity index (χ2v) is 5.85. The van der Waals surface area contributed by atoms with Gasteiger partial charge in [0.05, 0.1) is 18.7 Å². The molecular weight excluding hydrogens is 306 g/mol. The number of carbonyl (C=O) groups is 1. The van der Waals surface area contributed by atoms with Gasteiger partial charge in [0.2, 0.25) is 0 Å². The molecule has 0 aliphatic heterocycles. The molecule has 124 valence electrons. The highest BCUT2D eigenvalue weighted by Gasteiger charge is 2.19. The van der Waals surface area contributed by atoms with Crippen molar-refractivity contribution in [3.8, 4) is 11.5 Å². The summed E-state index contributed by atoms with van der Waals surface area (Å²) in [5, 5.41) is 12.7. The van der Waals surface area contributed by atoms with Crippen LogP contribution in [0, 0.1) is 5.92 Å². The predicted octanol–water partition coefficient (Wildman–Crippen LogP) is 3.34. The van der Waals surface area contributed by atoms with Crippen LogP contribution in [-0.2, 0) is 11.3 Å². The van der Waals surface area contributed by atoms with E-state index in [0.29, 0.717) is 42.0 Å². The highest BCUT2D eigenvalue weighted by molar-refractivity contribution is 6.32. The summed E-state index contributed by atoms with van der Waals surface area (Å²) in [4.78, 5) is 11.3. The zero-order valence-corrected chi connectivity index (χ0v) is 14.2. The van der Waals surface area contributed by atoms with Crippen LogP contribution in [-0.4, -0.2) is 30.8 Å². The molecule has 1 aromatic carbocycles. The Balaban J connectivity index is 2.86. The van der Waals surface area contributed by atoms with Crippen molar-refractivity contribution >= 4 is 17.6 Å². The number of ether oxygens (including phenoxy) is 2. The van der Waals surface area contributed by atoms with Gasteiger partial charge in [0, 0.05) is 6.54 Å².